The van der Waals surface area contributed by atoms with Gasteiger partial charge in [0.2, 0.25) is 0 Å². The lowest BCUT2D eigenvalue weighted by Crippen LogP contribution is -2.21. The van der Waals surface area contributed by atoms with E-state index in [0.717, 1.165) is 11.1 Å². The lowest BCUT2D eigenvalue weighted by atomic mass is 10.1. The van der Waals surface area contributed by atoms with Gasteiger partial charge in [-0.05, 0) is 47.9 Å². The molecule has 2 N–H and O–H groups in total. The van der Waals surface area contributed by atoms with E-state index in [2.05, 4.69) is 5.32 Å². The van der Waals surface area contributed by atoms with E-state index in [9.17, 15) is 14.7 Å². The van der Waals surface area contributed by atoms with Crippen molar-refractivity contribution in [1.29, 1.82) is 0 Å². The Bertz CT molecular complexity index is 1220. The van der Waals surface area contributed by atoms with Gasteiger partial charge in [0.15, 0.2) is 6.61 Å². The number of carboxylic acid groups (broad SMARTS) is 1. The first-order valence-electron chi connectivity index (χ1n) is 9.61. The SMILES string of the molecule is O=C(COc1c(C(=O)O)ccc2ccccc12)Nc1ccc(Oc2ccccc2)cc1. The summed E-state index contributed by atoms with van der Waals surface area (Å²) in [5.41, 5.74) is 0.583. The number of hydrogen-bond donors (Lipinski definition) is 2. The van der Waals surface area contributed by atoms with E-state index in [1.165, 1.54) is 6.07 Å². The van der Waals surface area contributed by atoms with E-state index in [1.54, 1.807) is 42.5 Å². The fourth-order valence-electron chi connectivity index (χ4n) is 3.13. The molecule has 6 heteroatoms. The van der Waals surface area contributed by atoms with Crippen LogP contribution in [0.15, 0.2) is 91.0 Å². The third kappa shape index (κ3) is 4.82. The molecule has 0 aliphatic rings. The Kier molecular flexibility index (Phi) is 5.80. The van der Waals surface area contributed by atoms with Crippen molar-refractivity contribution in [3.05, 3.63) is 96.6 Å². The van der Waals surface area contributed by atoms with Gasteiger partial charge in [-0.15, -0.1) is 0 Å². The van der Waals surface area contributed by atoms with E-state index < -0.39 is 11.9 Å². The van der Waals surface area contributed by atoms with E-state index in [-0.39, 0.29) is 17.9 Å². The van der Waals surface area contributed by atoms with Gasteiger partial charge >= 0.3 is 5.97 Å². The number of nitrogens with one attached hydrogen (secondary N) is 1. The molecule has 6 nitrogen and oxygen atoms in total. The topological polar surface area (TPSA) is 84.9 Å². The normalized spacial score (nSPS) is 10.5. The second kappa shape index (κ2) is 9.00. The zero-order chi connectivity index (χ0) is 21.6. The minimum absolute atomic E-state index is 0.00825. The highest BCUT2D eigenvalue weighted by atomic mass is 16.5. The summed E-state index contributed by atoms with van der Waals surface area (Å²) < 4.78 is 11.4. The molecule has 0 aromatic heterocycles. The molecule has 0 atom stereocenters. The van der Waals surface area contributed by atoms with Crippen LogP contribution in [0.2, 0.25) is 0 Å². The quantitative estimate of drug-likeness (QED) is 0.427. The van der Waals surface area contributed by atoms with Crippen LogP contribution >= 0.6 is 0 Å². The third-order valence-electron chi connectivity index (χ3n) is 4.57. The van der Waals surface area contributed by atoms with Crippen molar-refractivity contribution in [2.24, 2.45) is 0 Å². The third-order valence-corrected chi connectivity index (χ3v) is 4.57. The number of rotatable bonds is 7. The van der Waals surface area contributed by atoms with Crippen LogP contribution in [0.1, 0.15) is 10.4 Å². The summed E-state index contributed by atoms with van der Waals surface area (Å²) in [5, 5.41) is 13.7. The van der Waals surface area contributed by atoms with E-state index in [4.69, 9.17) is 9.47 Å². The van der Waals surface area contributed by atoms with Crippen LogP contribution in [-0.2, 0) is 4.79 Å². The zero-order valence-corrected chi connectivity index (χ0v) is 16.4. The van der Waals surface area contributed by atoms with E-state index >= 15 is 0 Å². The molecule has 0 unspecified atom stereocenters. The number of fused-ring (bicyclic) bond motifs is 1. The van der Waals surface area contributed by atoms with Crippen LogP contribution < -0.4 is 14.8 Å². The van der Waals surface area contributed by atoms with Crippen molar-refractivity contribution in [2.45, 2.75) is 0 Å². The van der Waals surface area contributed by atoms with Gasteiger partial charge in [0.05, 0.1) is 0 Å². The first-order valence-corrected chi connectivity index (χ1v) is 9.61. The summed E-state index contributed by atoms with van der Waals surface area (Å²) in [7, 11) is 0. The summed E-state index contributed by atoms with van der Waals surface area (Å²) in [6.07, 6.45) is 0. The lowest BCUT2D eigenvalue weighted by molar-refractivity contribution is -0.118. The molecular formula is C25H19NO5. The maximum absolute atomic E-state index is 12.4. The van der Waals surface area contributed by atoms with Gasteiger partial charge in [-0.25, -0.2) is 4.79 Å². The molecule has 0 bridgehead atoms. The predicted octanol–water partition coefficient (Wildman–Crippen LogP) is 5.35. The van der Waals surface area contributed by atoms with Gasteiger partial charge in [-0.1, -0.05) is 48.5 Å². The molecule has 154 valence electrons. The van der Waals surface area contributed by atoms with Gasteiger partial charge in [-0.3, -0.25) is 4.79 Å². The number of carbonyl (C=O) groups is 2. The largest absolute Gasteiger partial charge is 0.482 e. The van der Waals surface area contributed by atoms with Crippen LogP contribution in [0, 0.1) is 0 Å². The molecule has 0 heterocycles. The molecule has 0 spiro atoms. The Morgan fingerprint density at radius 1 is 0.774 bits per heavy atom. The number of ether oxygens (including phenoxy) is 2. The fourth-order valence-corrected chi connectivity index (χ4v) is 3.13. The molecule has 4 aromatic rings. The number of hydrogen-bond acceptors (Lipinski definition) is 4. The first kappa shape index (κ1) is 20.0. The number of carbonyl (C=O) groups excluding carboxylic acids is 1. The number of benzene rings is 4. The van der Waals surface area contributed by atoms with E-state index in [0.29, 0.717) is 16.8 Å². The van der Waals surface area contributed by atoms with Crippen LogP contribution in [0.5, 0.6) is 17.2 Å². The molecular weight excluding hydrogens is 394 g/mol. The smallest absolute Gasteiger partial charge is 0.339 e. The average molecular weight is 413 g/mol. The van der Waals surface area contributed by atoms with Crippen molar-refractivity contribution in [3.8, 4) is 17.2 Å². The lowest BCUT2D eigenvalue weighted by Gasteiger charge is -2.13. The number of para-hydroxylation sites is 1. The van der Waals surface area contributed by atoms with Gasteiger partial charge in [0.25, 0.3) is 5.91 Å². The number of anilines is 1. The molecule has 0 saturated carbocycles. The molecule has 31 heavy (non-hydrogen) atoms. The summed E-state index contributed by atoms with van der Waals surface area (Å²) in [5.74, 6) is 0.0165. The predicted molar refractivity (Wildman–Crippen MR) is 118 cm³/mol. The molecule has 0 saturated heterocycles. The van der Waals surface area contributed by atoms with Crippen molar-refractivity contribution in [1.82, 2.24) is 0 Å². The van der Waals surface area contributed by atoms with Gasteiger partial charge < -0.3 is 19.9 Å². The van der Waals surface area contributed by atoms with Gasteiger partial charge in [-0.2, -0.15) is 0 Å². The Hall–Kier alpha value is -4.32. The van der Waals surface area contributed by atoms with E-state index in [1.807, 2.05) is 42.5 Å². The highest BCUT2D eigenvalue weighted by molar-refractivity contribution is 6.01. The summed E-state index contributed by atoms with van der Waals surface area (Å²) >= 11 is 0. The molecule has 1 amide bonds. The maximum atomic E-state index is 12.4. The highest BCUT2D eigenvalue weighted by Gasteiger charge is 2.16. The second-order valence-corrected chi connectivity index (χ2v) is 6.74. The summed E-state index contributed by atoms with van der Waals surface area (Å²) in [6.45, 7) is -0.323. The highest BCUT2D eigenvalue weighted by Crippen LogP contribution is 2.30. The standard InChI is InChI=1S/C25H19NO5/c27-23(26-18-11-13-20(14-12-18)31-19-7-2-1-3-8-19)16-30-24-21-9-5-4-6-17(21)10-15-22(24)25(28)29/h1-15H,16H2,(H,26,27)(H,28,29). The van der Waals surface area contributed by atoms with Crippen LogP contribution in [0.4, 0.5) is 5.69 Å². The minimum atomic E-state index is -1.12. The number of aromatic carboxylic acids is 1. The van der Waals surface area contributed by atoms with Crippen LogP contribution in [-0.4, -0.2) is 23.6 Å². The fraction of sp³-hybridized carbons (Fsp3) is 0.0400. The van der Waals surface area contributed by atoms with Crippen molar-refractivity contribution in [3.63, 3.8) is 0 Å². The van der Waals surface area contributed by atoms with Gasteiger partial charge in [0, 0.05) is 11.1 Å². The Balaban J connectivity index is 1.42. The minimum Gasteiger partial charge on any atom is -0.482 e. The van der Waals surface area contributed by atoms with Crippen molar-refractivity contribution in [2.75, 3.05) is 11.9 Å². The zero-order valence-electron chi connectivity index (χ0n) is 16.4. The Morgan fingerprint density at radius 2 is 1.45 bits per heavy atom. The Labute approximate surface area is 178 Å². The summed E-state index contributed by atoms with van der Waals surface area (Å²) in [4.78, 5) is 23.9. The van der Waals surface area contributed by atoms with Crippen molar-refractivity contribution < 1.29 is 24.2 Å². The number of amides is 1. The second-order valence-electron chi connectivity index (χ2n) is 6.74. The molecule has 4 aromatic carbocycles. The van der Waals surface area contributed by atoms with Crippen molar-refractivity contribution >= 4 is 28.3 Å². The Morgan fingerprint density at radius 3 is 2.19 bits per heavy atom. The molecule has 0 aliphatic carbocycles. The van der Waals surface area contributed by atoms with Gasteiger partial charge in [0.1, 0.15) is 22.8 Å². The molecule has 0 fully saturated rings. The maximum Gasteiger partial charge on any atom is 0.339 e. The first-order chi connectivity index (χ1) is 15.1. The van der Waals surface area contributed by atoms with Crippen LogP contribution in [0.3, 0.4) is 0 Å². The summed E-state index contributed by atoms with van der Waals surface area (Å²) in [6, 6.07) is 26.8. The molecule has 4 rings (SSSR count). The van der Waals surface area contributed by atoms with Crippen LogP contribution in [0.25, 0.3) is 10.8 Å². The average Bonchev–Trinajstić information content (AvgIpc) is 2.79. The molecule has 0 radical (unpaired) electrons. The number of carboxylic acids is 1. The monoisotopic (exact) mass is 413 g/mol. The molecule has 0 aliphatic heterocycles.